The van der Waals surface area contributed by atoms with Crippen molar-refractivity contribution in [3.8, 4) is 11.6 Å². The number of aromatic amines is 1. The first kappa shape index (κ1) is 20.0. The molecule has 0 saturated carbocycles. The van der Waals surface area contributed by atoms with Crippen LogP contribution in [0, 0.1) is 10.1 Å². The quantitative estimate of drug-likeness (QED) is 0.274. The van der Waals surface area contributed by atoms with E-state index in [-0.39, 0.29) is 18.1 Å². The van der Waals surface area contributed by atoms with Crippen LogP contribution in [0.1, 0.15) is 26.5 Å². The summed E-state index contributed by atoms with van der Waals surface area (Å²) in [7, 11) is 0. The van der Waals surface area contributed by atoms with E-state index in [0.717, 1.165) is 19.4 Å². The molecule has 0 radical (unpaired) electrons. The van der Waals surface area contributed by atoms with Crippen molar-refractivity contribution < 1.29 is 24.0 Å². The molecule has 1 N–H and O–H groups in total. The number of nitrogens with one attached hydrogen (secondary N) is 1. The minimum Gasteiger partial charge on any atom is -0.464 e. The summed E-state index contributed by atoms with van der Waals surface area (Å²) in [6.45, 7) is 4.00. The van der Waals surface area contributed by atoms with E-state index in [1.807, 2.05) is 24.3 Å². The van der Waals surface area contributed by atoms with E-state index in [4.69, 9.17) is 9.47 Å². The number of rotatable bonds is 7. The van der Waals surface area contributed by atoms with Crippen LogP contribution >= 0.6 is 0 Å². The highest BCUT2D eigenvalue weighted by molar-refractivity contribution is 5.79. The van der Waals surface area contributed by atoms with Crippen LogP contribution in [0.25, 0.3) is 22.7 Å². The van der Waals surface area contributed by atoms with Crippen molar-refractivity contribution in [2.75, 3.05) is 6.61 Å². The second-order valence-corrected chi connectivity index (χ2v) is 6.39. The molecule has 2 heterocycles. The summed E-state index contributed by atoms with van der Waals surface area (Å²) in [4.78, 5) is 44.8. The van der Waals surface area contributed by atoms with Gasteiger partial charge in [0.2, 0.25) is 0 Å². The predicted molar refractivity (Wildman–Crippen MR) is 100 cm³/mol. The Morgan fingerprint density at radius 3 is 2.66 bits per heavy atom. The van der Waals surface area contributed by atoms with Gasteiger partial charge in [-0.3, -0.25) is 19.7 Å². The molecule has 0 aliphatic carbocycles. The zero-order chi connectivity index (χ0) is 21.2. The van der Waals surface area contributed by atoms with Crippen molar-refractivity contribution in [3.05, 3.63) is 46.3 Å². The highest BCUT2D eigenvalue weighted by Crippen LogP contribution is 2.28. The highest BCUT2D eigenvalue weighted by atomic mass is 16.7. The monoisotopic (exact) mass is 401 g/mol. The molecule has 0 aliphatic rings. The van der Waals surface area contributed by atoms with Gasteiger partial charge >= 0.3 is 17.7 Å². The van der Waals surface area contributed by atoms with Gasteiger partial charge in [-0.2, -0.15) is 0 Å². The van der Waals surface area contributed by atoms with Crippen LogP contribution in [0.15, 0.2) is 30.5 Å². The molecule has 1 unspecified atom stereocenters. The Bertz CT molecular complexity index is 1090. The minimum atomic E-state index is -2.12. The molecule has 0 spiro atoms. The topological polar surface area (TPSA) is 142 Å². The number of nitro groups is 1. The molecule has 0 saturated heterocycles. The van der Waals surface area contributed by atoms with Gasteiger partial charge in [-0.25, -0.2) is 9.97 Å². The molecule has 0 fully saturated rings. The number of ether oxygens (including phenoxy) is 2. The van der Waals surface area contributed by atoms with Crippen LogP contribution in [-0.2, 0) is 31.3 Å². The van der Waals surface area contributed by atoms with Gasteiger partial charge in [0.15, 0.2) is 17.3 Å². The number of nitrogens with zero attached hydrogens (tertiary/aromatic N) is 4. The third-order valence-corrected chi connectivity index (χ3v) is 4.25. The zero-order valence-corrected chi connectivity index (χ0v) is 16.0. The van der Waals surface area contributed by atoms with Gasteiger partial charge in [0.05, 0.1) is 35.6 Å². The number of fused-ring (bicyclic) bond motifs is 1. The summed E-state index contributed by atoms with van der Waals surface area (Å²) in [5, 5.41) is 11.5. The molecule has 3 aromatic rings. The first-order valence-corrected chi connectivity index (χ1v) is 8.71. The molecule has 11 heteroatoms. The van der Waals surface area contributed by atoms with Gasteiger partial charge in [0.1, 0.15) is 6.61 Å². The lowest BCUT2D eigenvalue weighted by Crippen LogP contribution is -2.37. The maximum Gasteiger partial charge on any atom is 0.405 e. The molecule has 0 aliphatic heterocycles. The van der Waals surface area contributed by atoms with Crippen LogP contribution < -0.4 is 0 Å². The van der Waals surface area contributed by atoms with Crippen molar-refractivity contribution in [3.63, 3.8) is 0 Å². The molecule has 29 heavy (non-hydrogen) atoms. The number of hydrogen-bond acceptors (Lipinski definition) is 8. The highest BCUT2D eigenvalue weighted by Gasteiger charge is 2.45. The average Bonchev–Trinajstić information content (AvgIpc) is 3.26. The van der Waals surface area contributed by atoms with Crippen molar-refractivity contribution in [2.24, 2.45) is 0 Å². The summed E-state index contributed by atoms with van der Waals surface area (Å²) in [5.74, 6) is -0.550. The molecule has 0 bridgehead atoms. The molecule has 11 nitrogen and oxygen atoms in total. The number of carbonyl (C=O) groups is 2. The van der Waals surface area contributed by atoms with Gasteiger partial charge in [-0.05, 0) is 12.1 Å². The summed E-state index contributed by atoms with van der Waals surface area (Å²) >= 11 is 0. The van der Waals surface area contributed by atoms with Gasteiger partial charge in [-0.15, -0.1) is 0 Å². The Hall–Kier alpha value is -3.76. The summed E-state index contributed by atoms with van der Waals surface area (Å²) < 4.78 is 11.7. The summed E-state index contributed by atoms with van der Waals surface area (Å²) in [5.41, 5.74) is -0.665. The number of hydrogen-bond donors (Lipinski definition) is 1. The van der Waals surface area contributed by atoms with E-state index in [1.165, 1.54) is 13.1 Å². The van der Waals surface area contributed by atoms with Crippen LogP contribution in [0.4, 0.5) is 0 Å². The van der Waals surface area contributed by atoms with Crippen molar-refractivity contribution in [1.29, 1.82) is 0 Å². The number of imidazole rings is 2. The van der Waals surface area contributed by atoms with Gasteiger partial charge in [0, 0.05) is 13.8 Å². The fraction of sp³-hybridized carbons (Fsp3) is 0.333. The number of aromatic nitrogens is 4. The van der Waals surface area contributed by atoms with Crippen LogP contribution in [0.3, 0.4) is 0 Å². The second-order valence-electron chi connectivity index (χ2n) is 6.39. The Labute approximate surface area is 164 Å². The second kappa shape index (κ2) is 7.70. The SMILES string of the molecule is CC(=O)OCCn1c(-c2ncc(C(C)(OC(C)=O)[N+](=O)[O-])[nH]2)nc2ccccc21. The fourth-order valence-corrected chi connectivity index (χ4v) is 2.90. The molecule has 1 atom stereocenters. The van der Waals surface area contributed by atoms with Gasteiger partial charge < -0.3 is 19.0 Å². The van der Waals surface area contributed by atoms with E-state index in [2.05, 4.69) is 15.0 Å². The lowest BCUT2D eigenvalue weighted by molar-refractivity contribution is -0.628. The van der Waals surface area contributed by atoms with Crippen molar-refractivity contribution >= 4 is 23.0 Å². The third-order valence-electron chi connectivity index (χ3n) is 4.25. The van der Waals surface area contributed by atoms with Crippen molar-refractivity contribution in [2.45, 2.75) is 33.0 Å². The lowest BCUT2D eigenvalue weighted by Gasteiger charge is -2.18. The van der Waals surface area contributed by atoms with Crippen LogP contribution in [0.5, 0.6) is 0 Å². The molecule has 3 rings (SSSR count). The Morgan fingerprint density at radius 1 is 1.28 bits per heavy atom. The Morgan fingerprint density at radius 2 is 2.00 bits per heavy atom. The number of carbonyl (C=O) groups excluding carboxylic acids is 2. The van der Waals surface area contributed by atoms with Gasteiger partial charge in [-0.1, -0.05) is 12.1 Å². The standard InChI is InChI=1S/C18H19N5O6/c1-11(24)28-9-8-22-14-7-5-4-6-13(14)20-17(22)16-19-10-15(21-16)18(3,23(26)27)29-12(2)25/h4-7,10H,8-9H2,1-3H3,(H,19,21). The van der Waals surface area contributed by atoms with Crippen molar-refractivity contribution in [1.82, 2.24) is 19.5 Å². The molecule has 152 valence electrons. The number of benzene rings is 1. The Kier molecular flexibility index (Phi) is 5.31. The van der Waals surface area contributed by atoms with E-state index in [1.54, 1.807) is 4.57 Å². The smallest absolute Gasteiger partial charge is 0.405 e. The van der Waals surface area contributed by atoms with E-state index in [9.17, 15) is 19.7 Å². The van der Waals surface area contributed by atoms with Crippen LogP contribution in [0.2, 0.25) is 0 Å². The fourth-order valence-electron chi connectivity index (χ4n) is 2.90. The van der Waals surface area contributed by atoms with E-state index < -0.39 is 22.6 Å². The number of para-hydroxylation sites is 2. The lowest BCUT2D eigenvalue weighted by atomic mass is 10.2. The zero-order valence-electron chi connectivity index (χ0n) is 16.0. The largest absolute Gasteiger partial charge is 0.464 e. The predicted octanol–water partition coefficient (Wildman–Crippen LogP) is 2.00. The van der Waals surface area contributed by atoms with Crippen LogP contribution in [-0.4, -0.2) is 43.0 Å². The normalized spacial score (nSPS) is 13.1. The van der Waals surface area contributed by atoms with Gasteiger partial charge in [0.25, 0.3) is 0 Å². The first-order chi connectivity index (χ1) is 13.7. The Balaban J connectivity index is 2.04. The first-order valence-electron chi connectivity index (χ1n) is 8.71. The molecule has 0 amide bonds. The maximum absolute atomic E-state index is 11.5. The van der Waals surface area contributed by atoms with E-state index >= 15 is 0 Å². The molecule has 1 aromatic carbocycles. The summed E-state index contributed by atoms with van der Waals surface area (Å²) in [6, 6.07) is 7.33. The van der Waals surface area contributed by atoms with E-state index in [0.29, 0.717) is 17.9 Å². The molecular formula is C18H19N5O6. The molecule has 2 aromatic heterocycles. The average molecular weight is 401 g/mol. The third kappa shape index (κ3) is 3.93. The molecular weight excluding hydrogens is 382 g/mol. The maximum atomic E-state index is 11.5. The minimum absolute atomic E-state index is 0.00806. The number of H-pyrrole nitrogens is 1. The number of esters is 2. The summed E-state index contributed by atoms with van der Waals surface area (Å²) in [6.07, 6.45) is 1.23.